The summed E-state index contributed by atoms with van der Waals surface area (Å²) in [5, 5.41) is 3.18. The van der Waals surface area contributed by atoms with Crippen LogP contribution in [0.4, 0.5) is 5.95 Å². The molecule has 98 valence electrons. The lowest BCUT2D eigenvalue weighted by Gasteiger charge is -2.11. The van der Waals surface area contributed by atoms with Crippen molar-refractivity contribution in [3.8, 4) is 5.75 Å². The van der Waals surface area contributed by atoms with Crippen molar-refractivity contribution in [1.82, 2.24) is 15.0 Å². The summed E-state index contributed by atoms with van der Waals surface area (Å²) in [5.41, 5.74) is 1.21. The normalized spacial score (nSPS) is 16.8. The summed E-state index contributed by atoms with van der Waals surface area (Å²) in [6.45, 7) is 0.575. The van der Waals surface area contributed by atoms with Crippen LogP contribution >= 0.6 is 23.2 Å². The fourth-order valence-corrected chi connectivity index (χ4v) is 2.34. The van der Waals surface area contributed by atoms with Crippen molar-refractivity contribution < 1.29 is 4.74 Å². The van der Waals surface area contributed by atoms with E-state index in [9.17, 15) is 0 Å². The Kier molecular flexibility index (Phi) is 3.40. The molecule has 0 spiro atoms. The Morgan fingerprint density at radius 3 is 2.63 bits per heavy atom. The number of para-hydroxylation sites is 1. The fourth-order valence-electron chi connectivity index (χ4n) is 1.98. The Bertz CT molecular complexity index is 563. The van der Waals surface area contributed by atoms with Crippen LogP contribution in [-0.4, -0.2) is 27.6 Å². The molecule has 19 heavy (non-hydrogen) atoms. The monoisotopic (exact) mass is 296 g/mol. The predicted molar refractivity (Wildman–Crippen MR) is 72.9 cm³/mol. The van der Waals surface area contributed by atoms with Gasteiger partial charge in [-0.1, -0.05) is 18.2 Å². The number of ether oxygens (including phenoxy) is 1. The molecular formula is C12H10Cl2N4O. The lowest BCUT2D eigenvalue weighted by molar-refractivity contribution is 0.246. The molecule has 2 heterocycles. The number of halogens is 2. The molecule has 0 amide bonds. The second-order valence-electron chi connectivity index (χ2n) is 4.13. The number of fused-ring (bicyclic) bond motifs is 1. The molecule has 7 heteroatoms. The maximum absolute atomic E-state index is 5.79. The Labute approximate surface area is 120 Å². The van der Waals surface area contributed by atoms with Gasteiger partial charge in [0, 0.05) is 6.42 Å². The fraction of sp³-hybridized carbons (Fsp3) is 0.250. The van der Waals surface area contributed by atoms with Gasteiger partial charge in [-0.25, -0.2) is 0 Å². The average molecular weight is 297 g/mol. The SMILES string of the molecule is Clc1nc(Cl)nc(NCC2Cc3ccccc3O2)n1. The van der Waals surface area contributed by atoms with Crippen LogP contribution in [0.2, 0.25) is 10.6 Å². The van der Waals surface area contributed by atoms with Crippen LogP contribution in [0.25, 0.3) is 0 Å². The summed E-state index contributed by atoms with van der Waals surface area (Å²) < 4.78 is 5.79. The zero-order chi connectivity index (χ0) is 13.2. The van der Waals surface area contributed by atoms with E-state index in [1.54, 1.807) is 0 Å². The van der Waals surface area contributed by atoms with E-state index >= 15 is 0 Å². The van der Waals surface area contributed by atoms with Gasteiger partial charge in [-0.15, -0.1) is 0 Å². The molecule has 1 aromatic carbocycles. The van der Waals surface area contributed by atoms with E-state index in [1.807, 2.05) is 18.2 Å². The first-order chi connectivity index (χ1) is 9.20. The standard InChI is InChI=1S/C12H10Cl2N4O/c13-10-16-11(14)18-12(17-10)15-6-8-5-7-3-1-2-4-9(7)19-8/h1-4,8H,5-6H2,(H,15,16,17,18). The van der Waals surface area contributed by atoms with Crippen LogP contribution in [-0.2, 0) is 6.42 Å². The van der Waals surface area contributed by atoms with Gasteiger partial charge in [0.1, 0.15) is 11.9 Å². The minimum atomic E-state index is 0.0479. The van der Waals surface area contributed by atoms with Crippen LogP contribution in [0.1, 0.15) is 5.56 Å². The second kappa shape index (κ2) is 5.19. The molecule has 0 saturated heterocycles. The van der Waals surface area contributed by atoms with Crippen molar-refractivity contribution in [2.75, 3.05) is 11.9 Å². The number of hydrogen-bond acceptors (Lipinski definition) is 5. The van der Waals surface area contributed by atoms with Crippen molar-refractivity contribution in [3.63, 3.8) is 0 Å². The van der Waals surface area contributed by atoms with E-state index in [0.29, 0.717) is 12.5 Å². The van der Waals surface area contributed by atoms with Gasteiger partial charge in [-0.05, 0) is 34.8 Å². The molecular weight excluding hydrogens is 287 g/mol. The number of rotatable bonds is 3. The Morgan fingerprint density at radius 2 is 1.89 bits per heavy atom. The summed E-state index contributed by atoms with van der Waals surface area (Å²) in [5.74, 6) is 1.28. The molecule has 0 bridgehead atoms. The molecule has 1 aromatic heterocycles. The molecule has 0 saturated carbocycles. The van der Waals surface area contributed by atoms with Crippen LogP contribution in [0, 0.1) is 0 Å². The third kappa shape index (κ3) is 2.88. The van der Waals surface area contributed by atoms with Gasteiger partial charge in [0.2, 0.25) is 16.5 Å². The van der Waals surface area contributed by atoms with Gasteiger partial charge in [-0.2, -0.15) is 15.0 Å². The smallest absolute Gasteiger partial charge is 0.228 e. The van der Waals surface area contributed by atoms with Crippen LogP contribution < -0.4 is 10.1 Å². The van der Waals surface area contributed by atoms with Gasteiger partial charge in [0.15, 0.2) is 0 Å². The van der Waals surface area contributed by atoms with Gasteiger partial charge >= 0.3 is 0 Å². The molecule has 0 aliphatic carbocycles. The number of anilines is 1. The van der Waals surface area contributed by atoms with Gasteiger partial charge in [0.05, 0.1) is 6.54 Å². The number of aromatic nitrogens is 3. The highest BCUT2D eigenvalue weighted by Gasteiger charge is 2.22. The highest BCUT2D eigenvalue weighted by molar-refractivity contribution is 6.31. The third-order valence-electron chi connectivity index (χ3n) is 2.78. The average Bonchev–Trinajstić information content (AvgIpc) is 2.78. The first-order valence-electron chi connectivity index (χ1n) is 5.76. The quantitative estimate of drug-likeness (QED) is 0.943. The summed E-state index contributed by atoms with van der Waals surface area (Å²) in [7, 11) is 0. The number of hydrogen-bond donors (Lipinski definition) is 1. The molecule has 1 N–H and O–H groups in total. The Balaban J connectivity index is 1.62. The largest absolute Gasteiger partial charge is 0.488 e. The molecule has 1 unspecified atom stereocenters. The van der Waals surface area contributed by atoms with Crippen molar-refractivity contribution in [2.24, 2.45) is 0 Å². The number of nitrogens with zero attached hydrogens (tertiary/aromatic N) is 3. The lowest BCUT2D eigenvalue weighted by Crippen LogP contribution is -2.24. The van der Waals surface area contributed by atoms with Crippen LogP contribution in [0.5, 0.6) is 5.75 Å². The summed E-state index contributed by atoms with van der Waals surface area (Å²) in [4.78, 5) is 11.6. The van der Waals surface area contributed by atoms with E-state index < -0.39 is 0 Å². The summed E-state index contributed by atoms with van der Waals surface area (Å²) in [6.07, 6.45) is 0.905. The molecule has 1 atom stereocenters. The maximum Gasteiger partial charge on any atom is 0.228 e. The first-order valence-corrected chi connectivity index (χ1v) is 6.52. The maximum atomic E-state index is 5.79. The second-order valence-corrected chi connectivity index (χ2v) is 4.81. The topological polar surface area (TPSA) is 59.9 Å². The van der Waals surface area contributed by atoms with Crippen LogP contribution in [0.15, 0.2) is 24.3 Å². The molecule has 1 aliphatic rings. The van der Waals surface area contributed by atoms with E-state index in [-0.39, 0.29) is 16.7 Å². The van der Waals surface area contributed by atoms with Crippen LogP contribution in [0.3, 0.4) is 0 Å². The van der Waals surface area contributed by atoms with Crippen molar-refractivity contribution in [1.29, 1.82) is 0 Å². The highest BCUT2D eigenvalue weighted by Crippen LogP contribution is 2.28. The summed E-state index contributed by atoms with van der Waals surface area (Å²) in [6, 6.07) is 7.99. The molecule has 3 rings (SSSR count). The van der Waals surface area contributed by atoms with E-state index in [1.165, 1.54) is 5.56 Å². The van der Waals surface area contributed by atoms with E-state index in [4.69, 9.17) is 27.9 Å². The minimum Gasteiger partial charge on any atom is -0.488 e. The first kappa shape index (κ1) is 12.4. The van der Waals surface area contributed by atoms with Gasteiger partial charge < -0.3 is 10.1 Å². The van der Waals surface area contributed by atoms with E-state index in [0.717, 1.165) is 12.2 Å². The lowest BCUT2D eigenvalue weighted by atomic mass is 10.1. The van der Waals surface area contributed by atoms with Crippen molar-refractivity contribution in [3.05, 3.63) is 40.4 Å². The molecule has 5 nitrogen and oxygen atoms in total. The third-order valence-corrected chi connectivity index (χ3v) is 3.12. The van der Waals surface area contributed by atoms with E-state index in [2.05, 4.69) is 26.3 Å². The minimum absolute atomic E-state index is 0.0479. The number of nitrogens with one attached hydrogen (secondary N) is 1. The zero-order valence-corrected chi connectivity index (χ0v) is 11.3. The Morgan fingerprint density at radius 1 is 1.16 bits per heavy atom. The van der Waals surface area contributed by atoms with Gasteiger partial charge in [-0.3, -0.25) is 0 Å². The summed E-state index contributed by atoms with van der Waals surface area (Å²) >= 11 is 11.4. The molecule has 0 radical (unpaired) electrons. The molecule has 0 fully saturated rings. The zero-order valence-electron chi connectivity index (χ0n) is 9.81. The molecule has 1 aliphatic heterocycles. The number of benzene rings is 1. The van der Waals surface area contributed by atoms with Crippen molar-refractivity contribution in [2.45, 2.75) is 12.5 Å². The van der Waals surface area contributed by atoms with Gasteiger partial charge in [0.25, 0.3) is 0 Å². The predicted octanol–water partition coefficient (Wildman–Crippen LogP) is 2.59. The van der Waals surface area contributed by atoms with Crippen molar-refractivity contribution >= 4 is 29.2 Å². The highest BCUT2D eigenvalue weighted by atomic mass is 35.5. The molecule has 2 aromatic rings. The Hall–Kier alpha value is -1.59.